The van der Waals surface area contributed by atoms with E-state index < -0.39 is 6.10 Å². The highest BCUT2D eigenvalue weighted by molar-refractivity contribution is 5.95. The van der Waals surface area contributed by atoms with Gasteiger partial charge >= 0.3 is 5.97 Å². The Balaban J connectivity index is 1.46. The normalized spacial score (nSPS) is 15.1. The van der Waals surface area contributed by atoms with Crippen molar-refractivity contribution in [3.05, 3.63) is 60.2 Å². The summed E-state index contributed by atoms with van der Waals surface area (Å²) in [5.41, 5.74) is 1.73. The van der Waals surface area contributed by atoms with E-state index in [1.54, 1.807) is 31.2 Å². The lowest BCUT2D eigenvalue weighted by Gasteiger charge is -2.16. The molecule has 0 radical (unpaired) electrons. The molecule has 0 aliphatic heterocycles. The summed E-state index contributed by atoms with van der Waals surface area (Å²) >= 11 is 0. The molecule has 1 fully saturated rings. The summed E-state index contributed by atoms with van der Waals surface area (Å²) in [6.07, 6.45) is 3.01. The largest absolute Gasteiger partial charge is 0.489 e. The molecule has 142 valence electrons. The van der Waals surface area contributed by atoms with Crippen LogP contribution in [0.15, 0.2) is 54.6 Å². The summed E-state index contributed by atoms with van der Waals surface area (Å²) in [6.45, 7) is 2.08. The van der Waals surface area contributed by atoms with Crippen LogP contribution in [0.25, 0.3) is 0 Å². The molecular formula is C22H25NO4. The van der Waals surface area contributed by atoms with Crippen molar-refractivity contribution in [3.8, 4) is 5.75 Å². The van der Waals surface area contributed by atoms with Crippen molar-refractivity contribution in [1.29, 1.82) is 0 Å². The fraction of sp³-hybridized carbons (Fsp3) is 0.364. The van der Waals surface area contributed by atoms with Gasteiger partial charge in [0.05, 0.1) is 5.92 Å². The topological polar surface area (TPSA) is 64.6 Å². The lowest BCUT2D eigenvalue weighted by atomic mass is 10.1. The lowest BCUT2D eigenvalue weighted by Crippen LogP contribution is -2.31. The standard InChI is InChI=1S/C22H25NO4/c1-16(27-22(25)18-9-5-6-10-18)21(24)23-19-11-13-20(14-12-19)26-15-17-7-3-2-4-8-17/h2-4,7-8,11-14,16,18H,5-6,9-10,15H2,1H3,(H,23,24)/t16-/m1/s1. The summed E-state index contributed by atoms with van der Waals surface area (Å²) in [5, 5.41) is 2.77. The van der Waals surface area contributed by atoms with Crippen LogP contribution in [0.4, 0.5) is 5.69 Å². The molecule has 1 atom stereocenters. The number of hydrogen-bond acceptors (Lipinski definition) is 4. The van der Waals surface area contributed by atoms with Gasteiger partial charge in [0.1, 0.15) is 12.4 Å². The SMILES string of the molecule is C[C@@H](OC(=O)C1CCCC1)C(=O)Nc1ccc(OCc2ccccc2)cc1. The Labute approximate surface area is 159 Å². The van der Waals surface area contributed by atoms with Crippen LogP contribution < -0.4 is 10.1 Å². The van der Waals surface area contributed by atoms with Crippen molar-refractivity contribution >= 4 is 17.6 Å². The molecule has 5 heteroatoms. The molecule has 0 spiro atoms. The van der Waals surface area contributed by atoms with E-state index in [-0.39, 0.29) is 17.8 Å². The third-order valence-electron chi connectivity index (χ3n) is 4.72. The van der Waals surface area contributed by atoms with Crippen molar-refractivity contribution < 1.29 is 19.1 Å². The van der Waals surface area contributed by atoms with Crippen LogP contribution in [0.5, 0.6) is 5.75 Å². The number of benzene rings is 2. The number of hydrogen-bond donors (Lipinski definition) is 1. The number of anilines is 1. The summed E-state index contributed by atoms with van der Waals surface area (Å²) in [6, 6.07) is 17.0. The molecule has 1 N–H and O–H groups in total. The van der Waals surface area contributed by atoms with E-state index in [1.165, 1.54) is 0 Å². The monoisotopic (exact) mass is 367 g/mol. The van der Waals surface area contributed by atoms with Crippen molar-refractivity contribution in [2.45, 2.75) is 45.3 Å². The first kappa shape index (κ1) is 19.0. The molecule has 1 amide bonds. The fourth-order valence-electron chi connectivity index (χ4n) is 3.10. The van der Waals surface area contributed by atoms with Gasteiger partial charge in [-0.25, -0.2) is 0 Å². The number of carbonyl (C=O) groups excluding carboxylic acids is 2. The van der Waals surface area contributed by atoms with Crippen LogP contribution in [0.1, 0.15) is 38.2 Å². The van der Waals surface area contributed by atoms with E-state index in [0.29, 0.717) is 12.3 Å². The Bertz CT molecular complexity index is 752. The highest BCUT2D eigenvalue weighted by Crippen LogP contribution is 2.26. The molecule has 5 nitrogen and oxygen atoms in total. The minimum absolute atomic E-state index is 0.0544. The van der Waals surface area contributed by atoms with E-state index in [9.17, 15) is 9.59 Å². The van der Waals surface area contributed by atoms with Crippen molar-refractivity contribution in [2.24, 2.45) is 5.92 Å². The molecule has 1 aliphatic carbocycles. The molecular weight excluding hydrogens is 342 g/mol. The smallest absolute Gasteiger partial charge is 0.309 e. The molecule has 0 unspecified atom stereocenters. The third-order valence-corrected chi connectivity index (χ3v) is 4.72. The number of ether oxygens (including phenoxy) is 2. The number of amides is 1. The van der Waals surface area contributed by atoms with E-state index in [4.69, 9.17) is 9.47 Å². The summed E-state index contributed by atoms with van der Waals surface area (Å²) in [7, 11) is 0. The van der Waals surface area contributed by atoms with Crippen molar-refractivity contribution in [2.75, 3.05) is 5.32 Å². The van der Waals surface area contributed by atoms with Crippen LogP contribution in [-0.2, 0) is 20.9 Å². The highest BCUT2D eigenvalue weighted by atomic mass is 16.5. The van der Waals surface area contributed by atoms with Gasteiger partial charge in [0.25, 0.3) is 5.91 Å². The van der Waals surface area contributed by atoms with Gasteiger partial charge < -0.3 is 14.8 Å². The molecule has 3 rings (SSSR count). The van der Waals surface area contributed by atoms with Gasteiger partial charge in [-0.2, -0.15) is 0 Å². The van der Waals surface area contributed by atoms with Crippen molar-refractivity contribution in [1.82, 2.24) is 0 Å². The molecule has 0 bridgehead atoms. The van der Waals surface area contributed by atoms with E-state index in [2.05, 4.69) is 5.32 Å². The second-order valence-electron chi connectivity index (χ2n) is 6.85. The average molecular weight is 367 g/mol. The van der Waals surface area contributed by atoms with Gasteiger partial charge in [-0.15, -0.1) is 0 Å². The first-order chi connectivity index (χ1) is 13.1. The molecule has 0 aromatic heterocycles. The van der Waals surface area contributed by atoms with Gasteiger partial charge in [0.2, 0.25) is 0 Å². The number of nitrogens with one attached hydrogen (secondary N) is 1. The lowest BCUT2D eigenvalue weighted by molar-refractivity contribution is -0.157. The van der Waals surface area contributed by atoms with Crippen LogP contribution in [-0.4, -0.2) is 18.0 Å². The van der Waals surface area contributed by atoms with Crippen LogP contribution in [0.3, 0.4) is 0 Å². The van der Waals surface area contributed by atoms with Gasteiger partial charge in [-0.1, -0.05) is 43.2 Å². The second-order valence-corrected chi connectivity index (χ2v) is 6.85. The summed E-state index contributed by atoms with van der Waals surface area (Å²) in [4.78, 5) is 24.3. The molecule has 2 aromatic rings. The summed E-state index contributed by atoms with van der Waals surface area (Å²) < 4.78 is 11.0. The molecule has 1 saturated carbocycles. The van der Waals surface area contributed by atoms with Crippen molar-refractivity contribution in [3.63, 3.8) is 0 Å². The minimum atomic E-state index is -0.813. The predicted octanol–water partition coefficient (Wildman–Crippen LogP) is 4.33. The maximum absolute atomic E-state index is 12.2. The zero-order valence-electron chi connectivity index (χ0n) is 15.5. The van der Waals surface area contributed by atoms with Gasteiger partial charge in [-0.3, -0.25) is 9.59 Å². The Morgan fingerprint density at radius 2 is 1.70 bits per heavy atom. The van der Waals surface area contributed by atoms with Crippen LogP contribution in [0, 0.1) is 5.92 Å². The van der Waals surface area contributed by atoms with Crippen LogP contribution >= 0.6 is 0 Å². The molecule has 2 aromatic carbocycles. The Morgan fingerprint density at radius 1 is 1.04 bits per heavy atom. The number of esters is 1. The first-order valence-corrected chi connectivity index (χ1v) is 9.40. The fourth-order valence-corrected chi connectivity index (χ4v) is 3.10. The van der Waals surface area contributed by atoms with E-state index >= 15 is 0 Å². The number of rotatable bonds is 7. The molecule has 0 heterocycles. The number of carbonyl (C=O) groups is 2. The molecule has 27 heavy (non-hydrogen) atoms. The minimum Gasteiger partial charge on any atom is -0.489 e. The second kappa shape index (κ2) is 9.21. The van der Waals surface area contributed by atoms with Gasteiger partial charge in [-0.05, 0) is 49.6 Å². The Kier molecular flexibility index (Phi) is 6.47. The average Bonchev–Trinajstić information content (AvgIpc) is 3.23. The van der Waals surface area contributed by atoms with E-state index in [0.717, 1.165) is 37.0 Å². The maximum Gasteiger partial charge on any atom is 0.309 e. The van der Waals surface area contributed by atoms with Crippen LogP contribution in [0.2, 0.25) is 0 Å². The highest BCUT2D eigenvalue weighted by Gasteiger charge is 2.27. The zero-order chi connectivity index (χ0) is 19.1. The quantitative estimate of drug-likeness (QED) is 0.740. The Morgan fingerprint density at radius 3 is 2.37 bits per heavy atom. The van der Waals surface area contributed by atoms with Gasteiger partial charge in [0.15, 0.2) is 6.10 Å². The molecule has 0 saturated heterocycles. The van der Waals surface area contributed by atoms with Gasteiger partial charge in [0, 0.05) is 5.69 Å². The first-order valence-electron chi connectivity index (χ1n) is 9.40. The molecule has 1 aliphatic rings. The maximum atomic E-state index is 12.2. The summed E-state index contributed by atoms with van der Waals surface area (Å²) in [5.74, 6) is 0.0676. The zero-order valence-corrected chi connectivity index (χ0v) is 15.5. The third kappa shape index (κ3) is 5.58. The van der Waals surface area contributed by atoms with E-state index in [1.807, 2.05) is 30.3 Å². The Hall–Kier alpha value is -2.82. The predicted molar refractivity (Wildman–Crippen MR) is 103 cm³/mol.